The number of hydrogen-bond donors (Lipinski definition) is 0. The summed E-state index contributed by atoms with van der Waals surface area (Å²) in [5, 5.41) is 1.65. The summed E-state index contributed by atoms with van der Waals surface area (Å²) in [7, 11) is 0. The summed E-state index contributed by atoms with van der Waals surface area (Å²) in [4.78, 5) is 0. The molecule has 3 aromatic carbocycles. The Balaban J connectivity index is 1.46. The van der Waals surface area contributed by atoms with Crippen molar-refractivity contribution >= 4 is 10.8 Å². The Morgan fingerprint density at radius 2 is 1.67 bits per heavy atom. The molecule has 0 amide bonds. The largest absolute Gasteiger partial charge is 0.206 e. The Bertz CT molecular complexity index is 1130. The van der Waals surface area contributed by atoms with Gasteiger partial charge in [0.25, 0.3) is 0 Å². The zero-order valence-corrected chi connectivity index (χ0v) is 19.9. The van der Waals surface area contributed by atoms with Gasteiger partial charge in [0.15, 0.2) is 0 Å². The van der Waals surface area contributed by atoms with E-state index in [9.17, 15) is 0 Å². The number of hydrogen-bond acceptors (Lipinski definition) is 0. The second kappa shape index (κ2) is 11.3. The van der Waals surface area contributed by atoms with Gasteiger partial charge in [0.2, 0.25) is 0 Å². The molecule has 1 aliphatic carbocycles. The van der Waals surface area contributed by atoms with E-state index in [4.69, 9.17) is 0 Å². The second-order valence-electron chi connectivity index (χ2n) is 9.54. The van der Waals surface area contributed by atoms with Crippen LogP contribution in [0.15, 0.2) is 67.3 Å². The smallest absolute Gasteiger partial charge is 0.134 e. The van der Waals surface area contributed by atoms with Gasteiger partial charge in [-0.15, -0.1) is 6.58 Å². The van der Waals surface area contributed by atoms with Gasteiger partial charge in [-0.25, -0.2) is 4.39 Å². The average molecular weight is 439 g/mol. The van der Waals surface area contributed by atoms with E-state index in [1.807, 2.05) is 30.3 Å². The number of rotatable bonds is 7. The molecule has 0 bridgehead atoms. The molecule has 1 heteroatoms. The van der Waals surface area contributed by atoms with Gasteiger partial charge in [0.05, 0.1) is 0 Å². The minimum Gasteiger partial charge on any atom is -0.206 e. The lowest BCUT2D eigenvalue weighted by Crippen LogP contribution is -2.14. The van der Waals surface area contributed by atoms with Crippen LogP contribution in [0.1, 0.15) is 86.5 Å². The third-order valence-corrected chi connectivity index (χ3v) is 7.18. The maximum atomic E-state index is 15.4. The minimum atomic E-state index is -0.0286. The molecule has 33 heavy (non-hydrogen) atoms. The highest BCUT2D eigenvalue weighted by Gasteiger charge is 2.24. The SMILES string of the molecule is C=CCCc1ccc(C#Cc2ccc3c(F)c(C4CCC(CCCC)CC4)ccc3c2)cc1. The van der Waals surface area contributed by atoms with Crippen molar-refractivity contribution in [2.45, 2.75) is 70.6 Å². The Kier molecular flexibility index (Phi) is 8.01. The van der Waals surface area contributed by atoms with Crippen LogP contribution in [0, 0.1) is 23.6 Å². The van der Waals surface area contributed by atoms with E-state index < -0.39 is 0 Å². The Morgan fingerprint density at radius 3 is 2.39 bits per heavy atom. The van der Waals surface area contributed by atoms with E-state index in [2.05, 4.69) is 55.7 Å². The van der Waals surface area contributed by atoms with Crippen molar-refractivity contribution in [3.05, 3.63) is 95.3 Å². The van der Waals surface area contributed by atoms with Crippen molar-refractivity contribution in [3.8, 4) is 11.8 Å². The molecule has 0 radical (unpaired) electrons. The first-order valence-electron chi connectivity index (χ1n) is 12.6. The summed E-state index contributed by atoms with van der Waals surface area (Å²) in [6.45, 7) is 6.04. The first-order valence-corrected chi connectivity index (χ1v) is 12.6. The lowest BCUT2D eigenvalue weighted by Gasteiger charge is -2.29. The highest BCUT2D eigenvalue weighted by atomic mass is 19.1. The van der Waals surface area contributed by atoms with Crippen LogP contribution in [0.2, 0.25) is 0 Å². The summed E-state index contributed by atoms with van der Waals surface area (Å²) in [6, 6.07) is 18.3. The molecule has 1 aliphatic rings. The van der Waals surface area contributed by atoms with E-state index in [1.54, 1.807) is 0 Å². The molecule has 3 aromatic rings. The van der Waals surface area contributed by atoms with Crippen molar-refractivity contribution in [3.63, 3.8) is 0 Å². The molecule has 170 valence electrons. The van der Waals surface area contributed by atoms with Crippen molar-refractivity contribution in [2.75, 3.05) is 0 Å². The molecule has 0 aromatic heterocycles. The van der Waals surface area contributed by atoms with Crippen LogP contribution in [0.5, 0.6) is 0 Å². The molecule has 1 fully saturated rings. The third kappa shape index (κ3) is 5.94. The van der Waals surface area contributed by atoms with Crippen molar-refractivity contribution in [2.24, 2.45) is 5.92 Å². The van der Waals surface area contributed by atoms with Crippen molar-refractivity contribution in [1.82, 2.24) is 0 Å². The summed E-state index contributed by atoms with van der Waals surface area (Å²) >= 11 is 0. The lowest BCUT2D eigenvalue weighted by atomic mass is 9.76. The Hall–Kier alpha value is -2.85. The molecule has 0 atom stereocenters. The molecule has 0 nitrogen and oxygen atoms in total. The maximum absolute atomic E-state index is 15.4. The fourth-order valence-corrected chi connectivity index (χ4v) is 5.12. The predicted octanol–water partition coefficient (Wildman–Crippen LogP) is 8.96. The molecule has 0 heterocycles. The zero-order valence-electron chi connectivity index (χ0n) is 19.9. The third-order valence-electron chi connectivity index (χ3n) is 7.18. The molecule has 1 saturated carbocycles. The summed E-state index contributed by atoms with van der Waals surface area (Å²) in [6.07, 6.45) is 12.6. The Labute approximate surface area is 198 Å². The highest BCUT2D eigenvalue weighted by Crippen LogP contribution is 2.39. The van der Waals surface area contributed by atoms with Crippen molar-refractivity contribution in [1.29, 1.82) is 0 Å². The standard InChI is InChI=1S/C32H35F/c1-3-5-7-24-9-11-26(12-10-24)13-14-27-17-21-31-29(23-27)20-22-30(32(31)33)28-18-15-25(16-19-28)8-6-4-2/h3,9-12,17,20-23,25,28H,1,4-8,15-16,18-19H2,2H3. The molecule has 4 rings (SSSR count). The molecule has 0 aliphatic heterocycles. The van der Waals surface area contributed by atoms with Crippen LogP contribution < -0.4 is 0 Å². The van der Waals surface area contributed by atoms with E-state index in [-0.39, 0.29) is 5.82 Å². The van der Waals surface area contributed by atoms with Gasteiger partial charge in [0, 0.05) is 16.5 Å². The normalized spacial score (nSPS) is 18.0. The van der Waals surface area contributed by atoms with Crippen LogP contribution in [-0.2, 0) is 6.42 Å². The first kappa shape index (κ1) is 23.3. The number of allylic oxidation sites excluding steroid dienone is 1. The minimum absolute atomic E-state index is 0.0286. The number of unbranched alkanes of at least 4 members (excludes halogenated alkanes) is 1. The van der Waals surface area contributed by atoms with Crippen molar-refractivity contribution < 1.29 is 4.39 Å². The zero-order chi connectivity index (χ0) is 23.0. The maximum Gasteiger partial charge on any atom is 0.134 e. The fourth-order valence-electron chi connectivity index (χ4n) is 5.12. The molecule has 0 N–H and O–H groups in total. The Morgan fingerprint density at radius 1 is 0.939 bits per heavy atom. The van der Waals surface area contributed by atoms with Crippen LogP contribution in [0.25, 0.3) is 10.8 Å². The topological polar surface area (TPSA) is 0 Å². The molecular weight excluding hydrogens is 403 g/mol. The van der Waals surface area contributed by atoms with E-state index >= 15 is 4.39 Å². The van der Waals surface area contributed by atoms with Gasteiger partial charge in [0.1, 0.15) is 5.82 Å². The van der Waals surface area contributed by atoms with Gasteiger partial charge < -0.3 is 0 Å². The number of halogens is 1. The second-order valence-corrected chi connectivity index (χ2v) is 9.54. The van der Waals surface area contributed by atoms with E-state index in [1.165, 1.54) is 37.7 Å². The van der Waals surface area contributed by atoms with Crippen LogP contribution in [-0.4, -0.2) is 0 Å². The lowest BCUT2D eigenvalue weighted by molar-refractivity contribution is 0.301. The van der Waals surface area contributed by atoms with Crippen LogP contribution in [0.3, 0.4) is 0 Å². The number of aryl methyl sites for hydroxylation is 1. The van der Waals surface area contributed by atoms with E-state index in [0.717, 1.165) is 59.1 Å². The van der Waals surface area contributed by atoms with Gasteiger partial charge in [-0.3, -0.25) is 0 Å². The summed E-state index contributed by atoms with van der Waals surface area (Å²) < 4.78 is 15.4. The number of benzene rings is 3. The van der Waals surface area contributed by atoms with Gasteiger partial charge in [-0.05, 0) is 91.1 Å². The van der Waals surface area contributed by atoms with Gasteiger partial charge in [-0.1, -0.05) is 74.4 Å². The highest BCUT2D eigenvalue weighted by molar-refractivity contribution is 5.85. The fraction of sp³-hybridized carbons (Fsp3) is 0.375. The van der Waals surface area contributed by atoms with Crippen LogP contribution in [0.4, 0.5) is 4.39 Å². The molecule has 0 spiro atoms. The summed E-state index contributed by atoms with van der Waals surface area (Å²) in [5.74, 6) is 7.66. The first-order chi connectivity index (χ1) is 16.2. The van der Waals surface area contributed by atoms with E-state index in [0.29, 0.717) is 5.92 Å². The number of fused-ring (bicyclic) bond motifs is 1. The predicted molar refractivity (Wildman–Crippen MR) is 139 cm³/mol. The van der Waals surface area contributed by atoms with Crippen LogP contribution >= 0.6 is 0 Å². The molecule has 0 unspecified atom stereocenters. The average Bonchev–Trinajstić information content (AvgIpc) is 2.86. The van der Waals surface area contributed by atoms with Gasteiger partial charge in [-0.2, -0.15) is 0 Å². The monoisotopic (exact) mass is 438 g/mol. The summed E-state index contributed by atoms with van der Waals surface area (Å²) in [5.41, 5.74) is 4.12. The quantitative estimate of drug-likeness (QED) is 0.255. The van der Waals surface area contributed by atoms with Gasteiger partial charge >= 0.3 is 0 Å². The molecule has 0 saturated heterocycles. The molecular formula is C32H35F.